The number of rotatable bonds is 4. The van der Waals surface area contributed by atoms with E-state index in [1.54, 1.807) is 0 Å². The summed E-state index contributed by atoms with van der Waals surface area (Å²) in [6, 6.07) is 0.0998. The van der Waals surface area contributed by atoms with Crippen LogP contribution in [-0.4, -0.2) is 30.6 Å². The van der Waals surface area contributed by atoms with E-state index in [0.29, 0.717) is 5.92 Å². The van der Waals surface area contributed by atoms with Gasteiger partial charge in [-0.1, -0.05) is 26.2 Å². The van der Waals surface area contributed by atoms with Gasteiger partial charge >= 0.3 is 6.03 Å². The Labute approximate surface area is 99.6 Å². The Balaban J connectivity index is 2.29. The third-order valence-electron chi connectivity index (χ3n) is 3.86. The zero-order valence-corrected chi connectivity index (χ0v) is 11.0. The molecule has 94 valence electrons. The molecule has 2 atom stereocenters. The van der Waals surface area contributed by atoms with Crippen molar-refractivity contribution < 1.29 is 4.79 Å². The van der Waals surface area contributed by atoms with Crippen molar-refractivity contribution in [2.45, 2.75) is 46.5 Å². The van der Waals surface area contributed by atoms with Crippen LogP contribution < -0.4 is 5.32 Å². The zero-order chi connectivity index (χ0) is 12.0. The minimum absolute atomic E-state index is 0.0998. The lowest BCUT2D eigenvalue weighted by molar-refractivity contribution is 0.193. The molecule has 1 fully saturated rings. The minimum atomic E-state index is 0.0998. The van der Waals surface area contributed by atoms with Gasteiger partial charge in [0, 0.05) is 19.6 Å². The van der Waals surface area contributed by atoms with Crippen LogP contribution in [0.4, 0.5) is 4.79 Å². The molecule has 0 aromatic heterocycles. The number of carbonyl (C=O) groups is 1. The second-order valence-electron chi connectivity index (χ2n) is 4.88. The van der Waals surface area contributed by atoms with Gasteiger partial charge in [0.1, 0.15) is 0 Å². The molecule has 1 aliphatic carbocycles. The summed E-state index contributed by atoms with van der Waals surface area (Å²) in [5, 5.41) is 3.07. The quantitative estimate of drug-likeness (QED) is 0.785. The van der Waals surface area contributed by atoms with Gasteiger partial charge in [-0.25, -0.2) is 4.79 Å². The fraction of sp³-hybridized carbons (Fsp3) is 0.923. The summed E-state index contributed by atoms with van der Waals surface area (Å²) < 4.78 is 0. The van der Waals surface area contributed by atoms with Gasteiger partial charge < -0.3 is 10.2 Å². The molecule has 2 unspecified atom stereocenters. The van der Waals surface area contributed by atoms with Crippen molar-refractivity contribution in [1.82, 2.24) is 10.2 Å². The molecule has 1 aliphatic rings. The Bertz CT molecular complexity index is 214. The summed E-state index contributed by atoms with van der Waals surface area (Å²) in [5.41, 5.74) is 0. The van der Waals surface area contributed by atoms with Crippen LogP contribution in [0.2, 0.25) is 0 Å². The second-order valence-corrected chi connectivity index (χ2v) is 4.88. The highest BCUT2D eigenvalue weighted by Gasteiger charge is 2.22. The van der Waals surface area contributed by atoms with Gasteiger partial charge in [-0.05, 0) is 32.1 Å². The second kappa shape index (κ2) is 6.77. The maximum atomic E-state index is 11.8. The third-order valence-corrected chi connectivity index (χ3v) is 3.86. The number of carbonyl (C=O) groups excluding carboxylic acids is 1. The molecule has 0 bridgehead atoms. The van der Waals surface area contributed by atoms with E-state index in [0.717, 1.165) is 25.6 Å². The largest absolute Gasteiger partial charge is 0.338 e. The fourth-order valence-electron chi connectivity index (χ4n) is 2.54. The average Bonchev–Trinajstić information content (AvgIpc) is 2.29. The topological polar surface area (TPSA) is 32.3 Å². The van der Waals surface area contributed by atoms with E-state index < -0.39 is 0 Å². The normalized spacial score (nSPS) is 25.2. The first-order valence-corrected chi connectivity index (χ1v) is 6.71. The molecule has 1 saturated carbocycles. The third kappa shape index (κ3) is 3.69. The number of urea groups is 1. The number of amides is 2. The molecule has 16 heavy (non-hydrogen) atoms. The first-order chi connectivity index (χ1) is 7.69. The SMILES string of the molecule is CCN(CC)C(=O)NCC1CCCCC1C. The predicted octanol–water partition coefficient (Wildman–Crippen LogP) is 2.86. The van der Waals surface area contributed by atoms with Crippen molar-refractivity contribution in [3.05, 3.63) is 0 Å². The van der Waals surface area contributed by atoms with Crippen molar-refractivity contribution in [3.63, 3.8) is 0 Å². The van der Waals surface area contributed by atoms with Gasteiger partial charge in [0.15, 0.2) is 0 Å². The summed E-state index contributed by atoms with van der Waals surface area (Å²) in [6.45, 7) is 8.80. The molecule has 0 aliphatic heterocycles. The van der Waals surface area contributed by atoms with Crippen LogP contribution in [0.5, 0.6) is 0 Å². The molecule has 1 rings (SSSR count). The van der Waals surface area contributed by atoms with Crippen LogP contribution in [0.3, 0.4) is 0 Å². The monoisotopic (exact) mass is 226 g/mol. The minimum Gasteiger partial charge on any atom is -0.338 e. The molecule has 0 spiro atoms. The molecule has 0 aromatic rings. The Morgan fingerprint density at radius 2 is 1.88 bits per heavy atom. The molecule has 0 radical (unpaired) electrons. The molecule has 3 heteroatoms. The maximum Gasteiger partial charge on any atom is 0.317 e. The zero-order valence-electron chi connectivity index (χ0n) is 11.0. The predicted molar refractivity (Wildman–Crippen MR) is 67.4 cm³/mol. The van der Waals surface area contributed by atoms with Gasteiger partial charge in [-0.3, -0.25) is 0 Å². The van der Waals surface area contributed by atoms with Crippen molar-refractivity contribution >= 4 is 6.03 Å². The van der Waals surface area contributed by atoms with E-state index in [4.69, 9.17) is 0 Å². The fourth-order valence-corrected chi connectivity index (χ4v) is 2.54. The Morgan fingerprint density at radius 1 is 1.25 bits per heavy atom. The van der Waals surface area contributed by atoms with Crippen molar-refractivity contribution in [3.8, 4) is 0 Å². The number of hydrogen-bond acceptors (Lipinski definition) is 1. The van der Waals surface area contributed by atoms with Crippen LogP contribution in [0.1, 0.15) is 46.5 Å². The number of nitrogens with one attached hydrogen (secondary N) is 1. The van der Waals surface area contributed by atoms with Crippen molar-refractivity contribution in [2.24, 2.45) is 11.8 Å². The lowest BCUT2D eigenvalue weighted by Crippen LogP contribution is -2.42. The van der Waals surface area contributed by atoms with Crippen LogP contribution in [-0.2, 0) is 0 Å². The van der Waals surface area contributed by atoms with Gasteiger partial charge in [0.25, 0.3) is 0 Å². The number of nitrogens with zero attached hydrogens (tertiary/aromatic N) is 1. The Hall–Kier alpha value is -0.730. The summed E-state index contributed by atoms with van der Waals surface area (Å²) in [6.07, 6.45) is 5.29. The standard InChI is InChI=1S/C13H26N2O/c1-4-15(5-2)13(16)14-10-12-9-7-6-8-11(12)3/h11-12H,4-10H2,1-3H3,(H,14,16). The van der Waals surface area contributed by atoms with E-state index in [9.17, 15) is 4.79 Å². The molecular formula is C13H26N2O. The van der Waals surface area contributed by atoms with E-state index in [1.165, 1.54) is 25.7 Å². The first-order valence-electron chi connectivity index (χ1n) is 6.71. The van der Waals surface area contributed by atoms with E-state index in [-0.39, 0.29) is 6.03 Å². The highest BCUT2D eigenvalue weighted by molar-refractivity contribution is 5.74. The summed E-state index contributed by atoms with van der Waals surface area (Å²) in [7, 11) is 0. The highest BCUT2D eigenvalue weighted by Crippen LogP contribution is 2.28. The van der Waals surface area contributed by atoms with Crippen molar-refractivity contribution in [2.75, 3.05) is 19.6 Å². The van der Waals surface area contributed by atoms with E-state index in [1.807, 2.05) is 18.7 Å². The smallest absolute Gasteiger partial charge is 0.317 e. The molecule has 1 N–H and O–H groups in total. The molecular weight excluding hydrogens is 200 g/mol. The van der Waals surface area contributed by atoms with Crippen LogP contribution >= 0.6 is 0 Å². The van der Waals surface area contributed by atoms with Gasteiger partial charge in [-0.15, -0.1) is 0 Å². The molecule has 3 nitrogen and oxygen atoms in total. The number of hydrogen-bond donors (Lipinski definition) is 1. The molecule has 0 aromatic carbocycles. The molecule has 0 saturated heterocycles. The van der Waals surface area contributed by atoms with E-state index >= 15 is 0 Å². The molecule has 0 heterocycles. The van der Waals surface area contributed by atoms with Gasteiger partial charge in [0.05, 0.1) is 0 Å². The van der Waals surface area contributed by atoms with Crippen LogP contribution in [0, 0.1) is 11.8 Å². The van der Waals surface area contributed by atoms with Crippen LogP contribution in [0.25, 0.3) is 0 Å². The lowest BCUT2D eigenvalue weighted by Gasteiger charge is -2.29. The van der Waals surface area contributed by atoms with E-state index in [2.05, 4.69) is 12.2 Å². The van der Waals surface area contributed by atoms with Crippen molar-refractivity contribution in [1.29, 1.82) is 0 Å². The van der Waals surface area contributed by atoms with Gasteiger partial charge in [-0.2, -0.15) is 0 Å². The van der Waals surface area contributed by atoms with Gasteiger partial charge in [0.2, 0.25) is 0 Å². The lowest BCUT2D eigenvalue weighted by atomic mass is 9.80. The van der Waals surface area contributed by atoms with Crippen LogP contribution in [0.15, 0.2) is 0 Å². The average molecular weight is 226 g/mol. The Morgan fingerprint density at radius 3 is 2.44 bits per heavy atom. The Kier molecular flexibility index (Phi) is 5.64. The summed E-state index contributed by atoms with van der Waals surface area (Å²) >= 11 is 0. The highest BCUT2D eigenvalue weighted by atomic mass is 16.2. The molecule has 2 amide bonds. The summed E-state index contributed by atoms with van der Waals surface area (Å²) in [5.74, 6) is 1.46. The summed E-state index contributed by atoms with van der Waals surface area (Å²) in [4.78, 5) is 13.6. The first kappa shape index (κ1) is 13.3. The maximum absolute atomic E-state index is 11.8.